The van der Waals surface area contributed by atoms with E-state index < -0.39 is 6.10 Å². The van der Waals surface area contributed by atoms with Crippen molar-refractivity contribution in [1.82, 2.24) is 0 Å². The van der Waals surface area contributed by atoms with Gasteiger partial charge in [0.1, 0.15) is 13.2 Å². The molecule has 0 aromatic heterocycles. The standard InChI is InChI=1S/C76H132O6/c1-4-7-10-13-16-19-22-25-28-31-32-33-34-35-36-37-38-39-40-41-42-43-44-46-48-51-54-57-60-63-66-69-75(78)81-72-73(71-80-74(77)68-65-62-59-56-53-50-47-30-27-24-21-18-15-12-9-6-3)82-76(79)70-67-64-61-58-55-52-49-45-29-26-23-20-17-14-11-8-5-2/h8,11,17,20,22,25-26,29-32,47,49,52,58,61,73H,4-7,9-10,12-16,18-19,21,23-24,27-28,33-46,48,50-51,53-57,59-60,62-72H2,1-3H3/b11-8-,20-17-,25-22-,29-26-,32-31-,47-30-,52-49-,61-58-. The van der Waals surface area contributed by atoms with Crippen LogP contribution < -0.4 is 0 Å². The van der Waals surface area contributed by atoms with E-state index in [1.54, 1.807) is 0 Å². The van der Waals surface area contributed by atoms with Crippen molar-refractivity contribution in [2.75, 3.05) is 13.2 Å². The van der Waals surface area contributed by atoms with Crippen LogP contribution in [-0.4, -0.2) is 37.2 Å². The maximum absolute atomic E-state index is 12.9. The van der Waals surface area contributed by atoms with Gasteiger partial charge in [-0.3, -0.25) is 14.4 Å². The molecular weight excluding hydrogens is 1010 g/mol. The van der Waals surface area contributed by atoms with Crippen molar-refractivity contribution in [3.63, 3.8) is 0 Å². The van der Waals surface area contributed by atoms with Crippen molar-refractivity contribution in [1.29, 1.82) is 0 Å². The number of hydrogen-bond acceptors (Lipinski definition) is 6. The topological polar surface area (TPSA) is 78.9 Å². The molecule has 0 aliphatic rings. The monoisotopic (exact) mass is 1140 g/mol. The molecule has 0 fully saturated rings. The summed E-state index contributed by atoms with van der Waals surface area (Å²) < 4.78 is 16.9. The van der Waals surface area contributed by atoms with Crippen LogP contribution in [0.15, 0.2) is 97.2 Å². The summed E-state index contributed by atoms with van der Waals surface area (Å²) in [5.41, 5.74) is 0. The molecule has 82 heavy (non-hydrogen) atoms. The molecule has 0 aliphatic carbocycles. The zero-order chi connectivity index (χ0) is 59.2. The molecule has 6 nitrogen and oxygen atoms in total. The van der Waals surface area contributed by atoms with E-state index in [1.807, 2.05) is 0 Å². The van der Waals surface area contributed by atoms with Crippen LogP contribution in [0.3, 0.4) is 0 Å². The Balaban J connectivity index is 4.27. The number of carbonyl (C=O) groups excluding carboxylic acids is 3. The molecule has 0 aliphatic heterocycles. The molecule has 0 heterocycles. The Labute approximate surface area is 508 Å². The minimum Gasteiger partial charge on any atom is -0.462 e. The van der Waals surface area contributed by atoms with Gasteiger partial charge < -0.3 is 14.2 Å². The van der Waals surface area contributed by atoms with Gasteiger partial charge in [-0.15, -0.1) is 0 Å². The summed E-state index contributed by atoms with van der Waals surface area (Å²) in [5.74, 6) is -0.953. The molecule has 0 aromatic rings. The van der Waals surface area contributed by atoms with Gasteiger partial charge in [-0.25, -0.2) is 0 Å². The molecule has 0 amide bonds. The SMILES string of the molecule is CC/C=C\C/C=C\C/C=C\C/C=C\C/C=C\CCCC(=O)OC(COC(=O)CCCCCCC/C=C\CCCCCCCCC)COC(=O)CCCCCCCCCCCCCCCCCCCCC/C=C\C/C=C\CCCCCCC. The molecule has 0 radical (unpaired) electrons. The first-order valence-electron chi connectivity index (χ1n) is 35.2. The van der Waals surface area contributed by atoms with Gasteiger partial charge in [-0.1, -0.05) is 311 Å². The van der Waals surface area contributed by atoms with Crippen LogP contribution in [0.2, 0.25) is 0 Å². The van der Waals surface area contributed by atoms with Crippen LogP contribution in [0.1, 0.15) is 348 Å². The Kier molecular flexibility index (Phi) is 66.7. The van der Waals surface area contributed by atoms with Crippen LogP contribution in [0, 0.1) is 0 Å². The normalized spacial score (nSPS) is 12.7. The van der Waals surface area contributed by atoms with Crippen LogP contribution in [0.25, 0.3) is 0 Å². The molecule has 472 valence electrons. The van der Waals surface area contributed by atoms with E-state index in [1.165, 1.54) is 212 Å². The van der Waals surface area contributed by atoms with E-state index in [0.29, 0.717) is 19.3 Å². The van der Waals surface area contributed by atoms with E-state index in [2.05, 4.69) is 118 Å². The third-order valence-corrected chi connectivity index (χ3v) is 15.3. The lowest BCUT2D eigenvalue weighted by molar-refractivity contribution is -0.167. The first-order valence-corrected chi connectivity index (χ1v) is 35.2. The summed E-state index contributed by atoms with van der Waals surface area (Å²) in [4.78, 5) is 38.4. The second-order valence-corrected chi connectivity index (χ2v) is 23.4. The number of ether oxygens (including phenoxy) is 3. The predicted octanol–water partition coefficient (Wildman–Crippen LogP) is 24.4. The third-order valence-electron chi connectivity index (χ3n) is 15.3. The summed E-state index contributed by atoms with van der Waals surface area (Å²) in [6, 6.07) is 0. The maximum atomic E-state index is 12.9. The Bertz CT molecular complexity index is 1590. The average molecular weight is 1140 g/mol. The molecule has 0 N–H and O–H groups in total. The fourth-order valence-corrected chi connectivity index (χ4v) is 10.0. The Morgan fingerprint density at radius 1 is 0.256 bits per heavy atom. The van der Waals surface area contributed by atoms with Gasteiger partial charge in [0.25, 0.3) is 0 Å². The lowest BCUT2D eigenvalue weighted by atomic mass is 10.0. The van der Waals surface area contributed by atoms with Crippen LogP contribution in [-0.2, 0) is 28.6 Å². The lowest BCUT2D eigenvalue weighted by Crippen LogP contribution is -2.30. The van der Waals surface area contributed by atoms with Crippen LogP contribution >= 0.6 is 0 Å². The fraction of sp³-hybridized carbons (Fsp3) is 0.750. The summed E-state index contributed by atoms with van der Waals surface area (Å²) in [6.45, 7) is 6.50. The molecule has 0 spiro atoms. The van der Waals surface area contributed by atoms with Crippen molar-refractivity contribution >= 4 is 17.9 Å². The number of unbranched alkanes of at least 4 members (excludes halogenated alkanes) is 37. The molecule has 0 saturated heterocycles. The first kappa shape index (κ1) is 78.3. The van der Waals surface area contributed by atoms with Gasteiger partial charge in [-0.05, 0) is 116 Å². The quantitative estimate of drug-likeness (QED) is 0.0261. The second-order valence-electron chi connectivity index (χ2n) is 23.4. The zero-order valence-electron chi connectivity index (χ0n) is 54.2. The van der Waals surface area contributed by atoms with Crippen molar-refractivity contribution in [2.24, 2.45) is 0 Å². The highest BCUT2D eigenvalue weighted by molar-refractivity contribution is 5.71. The largest absolute Gasteiger partial charge is 0.462 e. The number of esters is 3. The van der Waals surface area contributed by atoms with E-state index in [0.717, 1.165) is 89.9 Å². The number of carbonyl (C=O) groups is 3. The number of rotatable bonds is 64. The average Bonchev–Trinajstić information content (AvgIpc) is 3.47. The van der Waals surface area contributed by atoms with Crippen LogP contribution in [0.4, 0.5) is 0 Å². The highest BCUT2D eigenvalue weighted by Crippen LogP contribution is 2.17. The van der Waals surface area contributed by atoms with E-state index in [9.17, 15) is 14.4 Å². The summed E-state index contributed by atoms with van der Waals surface area (Å²) in [6.07, 6.45) is 94.5. The maximum Gasteiger partial charge on any atom is 0.306 e. The minimum absolute atomic E-state index is 0.100. The van der Waals surface area contributed by atoms with Gasteiger partial charge >= 0.3 is 17.9 Å². The number of allylic oxidation sites excluding steroid dienone is 16. The van der Waals surface area contributed by atoms with Crippen LogP contribution in [0.5, 0.6) is 0 Å². The van der Waals surface area contributed by atoms with Gasteiger partial charge in [0.15, 0.2) is 6.10 Å². The summed E-state index contributed by atoms with van der Waals surface area (Å²) in [5, 5.41) is 0. The predicted molar refractivity (Wildman–Crippen MR) is 357 cm³/mol. The Morgan fingerprint density at radius 3 is 0.793 bits per heavy atom. The zero-order valence-corrected chi connectivity index (χ0v) is 54.2. The molecule has 6 heteroatoms. The Hall–Kier alpha value is -3.67. The van der Waals surface area contributed by atoms with Gasteiger partial charge in [0.05, 0.1) is 0 Å². The molecule has 1 atom stereocenters. The Morgan fingerprint density at radius 2 is 0.488 bits per heavy atom. The van der Waals surface area contributed by atoms with Crippen molar-refractivity contribution in [2.45, 2.75) is 354 Å². The van der Waals surface area contributed by atoms with E-state index in [4.69, 9.17) is 14.2 Å². The van der Waals surface area contributed by atoms with Crippen molar-refractivity contribution in [3.05, 3.63) is 97.2 Å². The van der Waals surface area contributed by atoms with E-state index in [-0.39, 0.29) is 37.5 Å². The number of hydrogen-bond donors (Lipinski definition) is 0. The highest BCUT2D eigenvalue weighted by atomic mass is 16.6. The highest BCUT2D eigenvalue weighted by Gasteiger charge is 2.19. The molecule has 0 saturated carbocycles. The second kappa shape index (κ2) is 69.8. The van der Waals surface area contributed by atoms with Crippen molar-refractivity contribution < 1.29 is 28.6 Å². The fourth-order valence-electron chi connectivity index (χ4n) is 10.0. The molecular formula is C76H132O6. The van der Waals surface area contributed by atoms with Gasteiger partial charge in [0, 0.05) is 19.3 Å². The first-order chi connectivity index (χ1) is 40.5. The minimum atomic E-state index is -0.812. The summed E-state index contributed by atoms with van der Waals surface area (Å²) >= 11 is 0. The van der Waals surface area contributed by atoms with Crippen molar-refractivity contribution in [3.8, 4) is 0 Å². The molecule has 0 aromatic carbocycles. The lowest BCUT2D eigenvalue weighted by Gasteiger charge is -2.18. The van der Waals surface area contributed by atoms with Gasteiger partial charge in [0.2, 0.25) is 0 Å². The molecule has 0 bridgehead atoms. The smallest absolute Gasteiger partial charge is 0.306 e. The van der Waals surface area contributed by atoms with Gasteiger partial charge in [-0.2, -0.15) is 0 Å². The molecule has 1 unspecified atom stereocenters. The third kappa shape index (κ3) is 67.1. The molecule has 0 rings (SSSR count). The van der Waals surface area contributed by atoms with E-state index >= 15 is 0 Å². The summed E-state index contributed by atoms with van der Waals surface area (Å²) in [7, 11) is 0.